The minimum atomic E-state index is -3.74. The van der Waals surface area contributed by atoms with E-state index in [0.29, 0.717) is 53.8 Å². The Morgan fingerprint density at radius 1 is 1.18 bits per heavy atom. The molecule has 3 N–H and O–H groups in total. The van der Waals surface area contributed by atoms with Gasteiger partial charge in [0, 0.05) is 32.4 Å². The first-order valence-electron chi connectivity index (χ1n) is 13.2. The van der Waals surface area contributed by atoms with Crippen LogP contribution in [-0.2, 0) is 14.8 Å². The third kappa shape index (κ3) is 6.36. The molecular formula is C26H36N6O5S. The van der Waals surface area contributed by atoms with Crippen molar-refractivity contribution in [2.45, 2.75) is 51.7 Å². The molecule has 3 aliphatic rings. The fraction of sp³-hybridized carbons (Fsp3) is 0.577. The van der Waals surface area contributed by atoms with Crippen molar-refractivity contribution in [1.82, 2.24) is 9.97 Å². The molecule has 1 aliphatic carbocycles. The van der Waals surface area contributed by atoms with Crippen LogP contribution >= 0.6 is 0 Å². The number of hydrogen-bond donors (Lipinski definition) is 3. The summed E-state index contributed by atoms with van der Waals surface area (Å²) in [6, 6.07) is 6.57. The van der Waals surface area contributed by atoms with Crippen LogP contribution in [0.15, 0.2) is 30.5 Å². The van der Waals surface area contributed by atoms with Gasteiger partial charge in [-0.25, -0.2) is 13.4 Å². The number of sulfonamides is 1. The molecule has 3 fully saturated rings. The summed E-state index contributed by atoms with van der Waals surface area (Å²) in [5.41, 5.74) is 1.92. The number of rotatable bonds is 8. The van der Waals surface area contributed by atoms with Gasteiger partial charge in [-0.1, -0.05) is 0 Å². The molecule has 2 aromatic rings. The average Bonchev–Trinajstić information content (AvgIpc) is 3.62. The smallest absolute Gasteiger partial charge is 0.258 e. The zero-order valence-corrected chi connectivity index (χ0v) is 22.7. The Labute approximate surface area is 223 Å². The van der Waals surface area contributed by atoms with Gasteiger partial charge in [0.05, 0.1) is 41.5 Å². The number of carbonyl (C=O) groups is 1. The van der Waals surface area contributed by atoms with Crippen LogP contribution in [0.2, 0.25) is 0 Å². The van der Waals surface area contributed by atoms with E-state index in [2.05, 4.69) is 24.9 Å². The van der Waals surface area contributed by atoms with E-state index in [1.165, 1.54) is 19.8 Å². The van der Waals surface area contributed by atoms with E-state index in [4.69, 9.17) is 4.74 Å². The van der Waals surface area contributed by atoms with Gasteiger partial charge in [-0.05, 0) is 69.2 Å². The first-order valence-corrected chi connectivity index (χ1v) is 14.9. The lowest BCUT2D eigenvalue weighted by Gasteiger charge is -2.35. The van der Waals surface area contributed by atoms with Gasteiger partial charge in [-0.3, -0.25) is 9.52 Å². The molecule has 1 amide bonds. The lowest BCUT2D eigenvalue weighted by Crippen LogP contribution is -2.42. The molecule has 0 unspecified atom stereocenters. The van der Waals surface area contributed by atoms with E-state index >= 15 is 0 Å². The number of aromatic nitrogens is 2. The summed E-state index contributed by atoms with van der Waals surface area (Å²) < 4.78 is 33.0. The summed E-state index contributed by atoms with van der Waals surface area (Å²) in [6.07, 6.45) is 5.32. The van der Waals surface area contributed by atoms with Gasteiger partial charge in [0.15, 0.2) is 0 Å². The third-order valence-corrected chi connectivity index (χ3v) is 8.97. The fourth-order valence-corrected chi connectivity index (χ4v) is 6.44. The molecule has 3 heterocycles. The summed E-state index contributed by atoms with van der Waals surface area (Å²) in [4.78, 5) is 26.6. The summed E-state index contributed by atoms with van der Waals surface area (Å²) in [5, 5.41) is 12.5. The maximum absolute atomic E-state index is 13.5. The standard InChI is InChI=1S/C26H36N6O5S/c1-18(33)17-38(35,36)30-20-3-4-21(22(15-20)31-11-8-26(6-7-26)9-12-31)24(34)28-23-5-10-27-25(29-23)32-13-14-37-19(2)16-32/h3-5,10,15,18-19,30,33H,6-9,11-14,16-17H2,1-2H3,(H,27,28,29,34)/t18-,19-/m1/s1. The van der Waals surface area contributed by atoms with Crippen molar-refractivity contribution in [2.24, 2.45) is 5.41 Å². The van der Waals surface area contributed by atoms with E-state index in [9.17, 15) is 18.3 Å². The second-order valence-corrected chi connectivity index (χ2v) is 12.5. The highest BCUT2D eigenvalue weighted by molar-refractivity contribution is 7.92. The molecule has 0 bridgehead atoms. The molecule has 1 aromatic carbocycles. The number of carbonyl (C=O) groups excluding carboxylic acids is 1. The molecule has 1 aromatic heterocycles. The van der Waals surface area contributed by atoms with E-state index < -0.39 is 21.9 Å². The number of anilines is 4. The Hall–Kier alpha value is -2.96. The molecule has 0 radical (unpaired) electrons. The summed E-state index contributed by atoms with van der Waals surface area (Å²) in [6.45, 7) is 6.97. The SMILES string of the molecule is C[C@@H]1CN(c2nccc(NC(=O)c3ccc(NS(=O)(=O)C[C@@H](C)O)cc3N3CCC4(CC3)CC4)n2)CCO1. The normalized spacial score (nSPS) is 21.7. The number of hydrogen-bond acceptors (Lipinski definition) is 9. The topological polar surface area (TPSA) is 137 Å². The van der Waals surface area contributed by atoms with E-state index in [-0.39, 0.29) is 12.0 Å². The molecule has 2 saturated heterocycles. The van der Waals surface area contributed by atoms with Gasteiger partial charge in [-0.2, -0.15) is 4.98 Å². The summed E-state index contributed by atoms with van der Waals surface area (Å²) >= 11 is 0. The van der Waals surface area contributed by atoms with E-state index in [1.54, 1.807) is 30.5 Å². The second kappa shape index (κ2) is 10.7. The Kier molecular flexibility index (Phi) is 7.47. The van der Waals surface area contributed by atoms with Crippen LogP contribution in [0.1, 0.15) is 49.9 Å². The number of aliphatic hydroxyl groups excluding tert-OH is 1. The molecule has 5 rings (SSSR count). The Balaban J connectivity index is 1.38. The fourth-order valence-electron chi connectivity index (χ4n) is 5.24. The zero-order valence-electron chi connectivity index (χ0n) is 21.9. The largest absolute Gasteiger partial charge is 0.392 e. The quantitative estimate of drug-likeness (QED) is 0.458. The molecule has 2 aliphatic heterocycles. The van der Waals surface area contributed by atoms with Crippen LogP contribution in [0.25, 0.3) is 0 Å². The molecule has 12 heteroatoms. The second-order valence-electron chi connectivity index (χ2n) is 10.8. The van der Waals surface area contributed by atoms with Gasteiger partial charge in [0.1, 0.15) is 5.82 Å². The number of piperidine rings is 1. The molecule has 38 heavy (non-hydrogen) atoms. The van der Waals surface area contributed by atoms with Gasteiger partial charge < -0.3 is 25.0 Å². The van der Waals surface area contributed by atoms with Crippen LogP contribution in [0, 0.1) is 5.41 Å². The van der Waals surface area contributed by atoms with E-state index in [0.717, 1.165) is 25.9 Å². The lowest BCUT2D eigenvalue weighted by atomic mass is 9.93. The predicted molar refractivity (Wildman–Crippen MR) is 146 cm³/mol. The first kappa shape index (κ1) is 26.6. The van der Waals surface area contributed by atoms with Crippen molar-refractivity contribution in [3.63, 3.8) is 0 Å². The average molecular weight is 545 g/mol. The van der Waals surface area contributed by atoms with Crippen LogP contribution in [-0.4, -0.2) is 80.1 Å². The molecule has 1 saturated carbocycles. The summed E-state index contributed by atoms with van der Waals surface area (Å²) in [5.74, 6) is 0.189. The van der Waals surface area contributed by atoms with Crippen LogP contribution in [0.5, 0.6) is 0 Å². The van der Waals surface area contributed by atoms with Crippen molar-refractivity contribution in [3.8, 4) is 0 Å². The molecule has 1 spiro atoms. The number of aliphatic hydroxyl groups is 1. The highest BCUT2D eigenvalue weighted by Gasteiger charge is 2.44. The number of benzene rings is 1. The van der Waals surface area contributed by atoms with Crippen molar-refractivity contribution >= 4 is 39.1 Å². The maximum Gasteiger partial charge on any atom is 0.258 e. The van der Waals surface area contributed by atoms with Crippen LogP contribution in [0.4, 0.5) is 23.1 Å². The molecule has 2 atom stereocenters. The third-order valence-electron chi connectivity index (χ3n) is 7.51. The minimum absolute atomic E-state index is 0.0732. The molecule has 206 valence electrons. The maximum atomic E-state index is 13.5. The zero-order chi connectivity index (χ0) is 26.9. The van der Waals surface area contributed by atoms with Crippen molar-refractivity contribution in [1.29, 1.82) is 0 Å². The number of amides is 1. The monoisotopic (exact) mass is 544 g/mol. The van der Waals surface area contributed by atoms with Crippen LogP contribution < -0.4 is 19.8 Å². The Morgan fingerprint density at radius 2 is 1.95 bits per heavy atom. The van der Waals surface area contributed by atoms with Gasteiger partial charge >= 0.3 is 0 Å². The highest BCUT2D eigenvalue weighted by atomic mass is 32.2. The number of ether oxygens (including phenoxy) is 1. The lowest BCUT2D eigenvalue weighted by molar-refractivity contribution is 0.0526. The summed E-state index contributed by atoms with van der Waals surface area (Å²) in [7, 11) is -3.74. The number of morpholine rings is 1. The van der Waals surface area contributed by atoms with E-state index in [1.807, 2.05) is 11.8 Å². The predicted octanol–water partition coefficient (Wildman–Crippen LogP) is 2.46. The van der Waals surface area contributed by atoms with Crippen LogP contribution in [0.3, 0.4) is 0 Å². The first-order chi connectivity index (χ1) is 18.1. The highest BCUT2D eigenvalue weighted by Crippen LogP contribution is 2.54. The van der Waals surface area contributed by atoms with Gasteiger partial charge in [0.2, 0.25) is 16.0 Å². The Bertz CT molecular complexity index is 1270. The van der Waals surface area contributed by atoms with Crippen molar-refractivity contribution < 1.29 is 23.1 Å². The van der Waals surface area contributed by atoms with Crippen molar-refractivity contribution in [2.75, 3.05) is 58.4 Å². The number of nitrogens with zero attached hydrogens (tertiary/aromatic N) is 4. The molecular weight excluding hydrogens is 508 g/mol. The Morgan fingerprint density at radius 3 is 2.63 bits per heavy atom. The van der Waals surface area contributed by atoms with Crippen molar-refractivity contribution in [3.05, 3.63) is 36.0 Å². The number of nitrogens with one attached hydrogen (secondary N) is 2. The van der Waals surface area contributed by atoms with Gasteiger partial charge in [-0.15, -0.1) is 0 Å². The minimum Gasteiger partial charge on any atom is -0.392 e. The molecule has 11 nitrogen and oxygen atoms in total. The van der Waals surface area contributed by atoms with Gasteiger partial charge in [0.25, 0.3) is 5.91 Å².